The van der Waals surface area contributed by atoms with Crippen molar-refractivity contribution >= 4 is 29.5 Å². The summed E-state index contributed by atoms with van der Waals surface area (Å²) in [6, 6.07) is 4.26. The SMILES string of the molecule is O=C(Cn1c(-c2cccs2)n[nH]c1=S)NC1CCCCC1. The first-order chi connectivity index (χ1) is 10.2. The molecule has 1 saturated carbocycles. The molecule has 1 aliphatic rings. The quantitative estimate of drug-likeness (QED) is 0.850. The van der Waals surface area contributed by atoms with Gasteiger partial charge in [0.25, 0.3) is 0 Å². The van der Waals surface area contributed by atoms with E-state index in [0.717, 1.165) is 23.5 Å². The molecule has 1 amide bonds. The van der Waals surface area contributed by atoms with E-state index in [0.29, 0.717) is 10.8 Å². The number of aromatic nitrogens is 3. The molecule has 3 rings (SSSR count). The molecular weight excluding hydrogens is 304 g/mol. The van der Waals surface area contributed by atoms with Crippen LogP contribution in [0.4, 0.5) is 0 Å². The van der Waals surface area contributed by atoms with Crippen LogP contribution in [-0.4, -0.2) is 26.7 Å². The van der Waals surface area contributed by atoms with E-state index in [1.165, 1.54) is 19.3 Å². The average molecular weight is 322 g/mol. The zero-order valence-electron chi connectivity index (χ0n) is 11.7. The molecule has 1 fully saturated rings. The van der Waals surface area contributed by atoms with Gasteiger partial charge in [-0.25, -0.2) is 0 Å². The first kappa shape index (κ1) is 14.5. The maximum Gasteiger partial charge on any atom is 0.240 e. The Balaban J connectivity index is 1.71. The molecule has 112 valence electrons. The molecule has 0 unspecified atom stereocenters. The van der Waals surface area contributed by atoms with Crippen molar-refractivity contribution in [3.63, 3.8) is 0 Å². The number of aromatic amines is 1. The fourth-order valence-electron chi connectivity index (χ4n) is 2.72. The lowest BCUT2D eigenvalue weighted by molar-refractivity contribution is -0.122. The second-order valence-electron chi connectivity index (χ2n) is 5.32. The lowest BCUT2D eigenvalue weighted by Gasteiger charge is -2.22. The highest BCUT2D eigenvalue weighted by molar-refractivity contribution is 7.71. The number of H-pyrrole nitrogens is 1. The molecule has 2 N–H and O–H groups in total. The maximum atomic E-state index is 12.2. The molecule has 21 heavy (non-hydrogen) atoms. The summed E-state index contributed by atoms with van der Waals surface area (Å²) in [5, 5.41) is 12.1. The molecule has 2 aromatic rings. The topological polar surface area (TPSA) is 62.7 Å². The number of amides is 1. The van der Waals surface area contributed by atoms with Crippen molar-refractivity contribution in [2.45, 2.75) is 44.7 Å². The van der Waals surface area contributed by atoms with Crippen LogP contribution in [0, 0.1) is 4.77 Å². The van der Waals surface area contributed by atoms with Crippen molar-refractivity contribution in [2.24, 2.45) is 0 Å². The Morgan fingerprint density at radius 3 is 3.00 bits per heavy atom. The molecule has 0 bridgehead atoms. The van der Waals surface area contributed by atoms with Crippen molar-refractivity contribution in [1.82, 2.24) is 20.1 Å². The minimum absolute atomic E-state index is 0.0113. The van der Waals surface area contributed by atoms with Gasteiger partial charge in [0.05, 0.1) is 4.88 Å². The third-order valence-electron chi connectivity index (χ3n) is 3.77. The Morgan fingerprint density at radius 2 is 2.29 bits per heavy atom. The van der Waals surface area contributed by atoms with Crippen molar-refractivity contribution in [2.75, 3.05) is 0 Å². The van der Waals surface area contributed by atoms with E-state index < -0.39 is 0 Å². The molecule has 0 spiro atoms. The van der Waals surface area contributed by atoms with E-state index in [1.54, 1.807) is 15.9 Å². The van der Waals surface area contributed by atoms with Gasteiger partial charge in [-0.1, -0.05) is 25.3 Å². The number of nitrogens with one attached hydrogen (secondary N) is 2. The molecule has 0 aromatic carbocycles. The average Bonchev–Trinajstić information content (AvgIpc) is 3.11. The summed E-state index contributed by atoms with van der Waals surface area (Å²) in [5.74, 6) is 0.742. The van der Waals surface area contributed by atoms with Crippen molar-refractivity contribution in [3.05, 3.63) is 22.3 Å². The van der Waals surface area contributed by atoms with Crippen LogP contribution in [0.5, 0.6) is 0 Å². The summed E-state index contributed by atoms with van der Waals surface area (Å²) in [6.07, 6.45) is 5.86. The zero-order valence-corrected chi connectivity index (χ0v) is 13.3. The van der Waals surface area contributed by atoms with Crippen LogP contribution in [0.15, 0.2) is 17.5 Å². The summed E-state index contributed by atoms with van der Waals surface area (Å²) < 4.78 is 2.25. The molecule has 0 saturated heterocycles. The minimum Gasteiger partial charge on any atom is -0.352 e. The molecule has 5 nitrogen and oxygen atoms in total. The summed E-state index contributed by atoms with van der Waals surface area (Å²) in [5.41, 5.74) is 0. The van der Waals surface area contributed by atoms with Gasteiger partial charge in [-0.05, 0) is 36.5 Å². The summed E-state index contributed by atoms with van der Waals surface area (Å²) >= 11 is 6.82. The monoisotopic (exact) mass is 322 g/mol. The van der Waals surface area contributed by atoms with Gasteiger partial charge in [0, 0.05) is 6.04 Å². The highest BCUT2D eigenvalue weighted by atomic mass is 32.1. The summed E-state index contributed by atoms with van der Waals surface area (Å²) in [4.78, 5) is 13.2. The summed E-state index contributed by atoms with van der Waals surface area (Å²) in [6.45, 7) is 0.221. The summed E-state index contributed by atoms with van der Waals surface area (Å²) in [7, 11) is 0. The molecule has 0 radical (unpaired) electrons. The molecule has 7 heteroatoms. The number of rotatable bonds is 4. The van der Waals surface area contributed by atoms with Crippen molar-refractivity contribution in [3.8, 4) is 10.7 Å². The van der Waals surface area contributed by atoms with Gasteiger partial charge in [-0.3, -0.25) is 14.5 Å². The van der Waals surface area contributed by atoms with Gasteiger partial charge in [0.15, 0.2) is 10.6 Å². The normalized spacial score (nSPS) is 16.0. The van der Waals surface area contributed by atoms with Crippen LogP contribution in [0.1, 0.15) is 32.1 Å². The van der Waals surface area contributed by atoms with E-state index in [4.69, 9.17) is 12.2 Å². The van der Waals surface area contributed by atoms with Gasteiger partial charge in [-0.15, -0.1) is 11.3 Å². The lowest BCUT2D eigenvalue weighted by Crippen LogP contribution is -2.38. The number of nitrogens with zero attached hydrogens (tertiary/aromatic N) is 2. The van der Waals surface area contributed by atoms with Crippen LogP contribution in [0.3, 0.4) is 0 Å². The van der Waals surface area contributed by atoms with Crippen LogP contribution >= 0.6 is 23.6 Å². The van der Waals surface area contributed by atoms with E-state index in [2.05, 4.69) is 15.5 Å². The smallest absolute Gasteiger partial charge is 0.240 e. The van der Waals surface area contributed by atoms with Crippen LogP contribution < -0.4 is 5.32 Å². The first-order valence-electron chi connectivity index (χ1n) is 7.22. The molecule has 2 heterocycles. The highest BCUT2D eigenvalue weighted by Gasteiger charge is 2.18. The van der Waals surface area contributed by atoms with Gasteiger partial charge in [-0.2, -0.15) is 5.10 Å². The third-order valence-corrected chi connectivity index (χ3v) is 4.95. The van der Waals surface area contributed by atoms with E-state index in [-0.39, 0.29) is 12.5 Å². The molecular formula is C14H18N4OS2. The number of hydrogen-bond donors (Lipinski definition) is 2. The number of carbonyl (C=O) groups excluding carboxylic acids is 1. The molecule has 0 aliphatic heterocycles. The van der Waals surface area contributed by atoms with Crippen LogP contribution in [0.2, 0.25) is 0 Å². The molecule has 2 aromatic heterocycles. The van der Waals surface area contributed by atoms with E-state index >= 15 is 0 Å². The van der Waals surface area contributed by atoms with Gasteiger partial charge in [0.1, 0.15) is 6.54 Å². The van der Waals surface area contributed by atoms with Gasteiger partial charge >= 0.3 is 0 Å². The largest absolute Gasteiger partial charge is 0.352 e. The lowest BCUT2D eigenvalue weighted by atomic mass is 9.95. The number of carbonyl (C=O) groups is 1. The first-order valence-corrected chi connectivity index (χ1v) is 8.51. The Bertz CT molecular complexity index is 653. The van der Waals surface area contributed by atoms with Crippen LogP contribution in [0.25, 0.3) is 10.7 Å². The van der Waals surface area contributed by atoms with Crippen molar-refractivity contribution in [1.29, 1.82) is 0 Å². The van der Waals surface area contributed by atoms with E-state index in [9.17, 15) is 4.79 Å². The Morgan fingerprint density at radius 1 is 1.48 bits per heavy atom. The standard InChI is InChI=1S/C14H18N4OS2/c19-12(15-10-5-2-1-3-6-10)9-18-13(16-17-14(18)20)11-7-4-8-21-11/h4,7-8,10H,1-3,5-6,9H2,(H,15,19)(H,17,20). The predicted molar refractivity (Wildman–Crippen MR) is 85.7 cm³/mol. The van der Waals surface area contributed by atoms with Gasteiger partial charge < -0.3 is 5.32 Å². The molecule has 0 atom stereocenters. The minimum atomic E-state index is 0.0113. The Hall–Kier alpha value is -1.47. The Labute approximate surface area is 132 Å². The Kier molecular flexibility index (Phi) is 4.50. The maximum absolute atomic E-state index is 12.2. The van der Waals surface area contributed by atoms with E-state index in [1.807, 2.05) is 17.5 Å². The zero-order chi connectivity index (χ0) is 14.7. The number of hydrogen-bond acceptors (Lipinski definition) is 4. The number of thiophene rings is 1. The van der Waals surface area contributed by atoms with Crippen molar-refractivity contribution < 1.29 is 4.79 Å². The molecule has 1 aliphatic carbocycles. The fraction of sp³-hybridized carbons (Fsp3) is 0.500. The predicted octanol–water partition coefficient (Wildman–Crippen LogP) is 3.12. The van der Waals surface area contributed by atoms with Crippen LogP contribution in [-0.2, 0) is 11.3 Å². The fourth-order valence-corrected chi connectivity index (χ4v) is 3.64. The second kappa shape index (κ2) is 6.53. The highest BCUT2D eigenvalue weighted by Crippen LogP contribution is 2.23. The van der Waals surface area contributed by atoms with Gasteiger partial charge in [0.2, 0.25) is 5.91 Å². The second-order valence-corrected chi connectivity index (χ2v) is 6.65. The third kappa shape index (κ3) is 3.41.